The average Bonchev–Trinajstić information content (AvgIpc) is 2.62. The van der Waals surface area contributed by atoms with Crippen molar-refractivity contribution in [3.05, 3.63) is 0 Å². The first-order valence-corrected chi connectivity index (χ1v) is 6.07. The molecule has 2 atom stereocenters. The van der Waals surface area contributed by atoms with E-state index in [-0.39, 0.29) is 6.04 Å². The molecule has 1 aliphatic carbocycles. The van der Waals surface area contributed by atoms with Crippen LogP contribution in [0, 0.1) is 11.3 Å². The standard InChI is InChI=1S/C12H22N2O/c1-4-5-10-11(15)14(8-13-10)7-9-6-12(9,2)3/h9-10,13H,4-8H2,1-3H3. The summed E-state index contributed by atoms with van der Waals surface area (Å²) < 4.78 is 0. The molecule has 2 aliphatic rings. The summed E-state index contributed by atoms with van der Waals surface area (Å²) in [7, 11) is 0. The molecule has 0 spiro atoms. The van der Waals surface area contributed by atoms with Gasteiger partial charge in [-0.05, 0) is 24.2 Å². The van der Waals surface area contributed by atoms with Crippen molar-refractivity contribution >= 4 is 5.91 Å². The first kappa shape index (κ1) is 10.9. The van der Waals surface area contributed by atoms with Crippen molar-refractivity contribution in [1.82, 2.24) is 10.2 Å². The fourth-order valence-corrected chi connectivity index (χ4v) is 2.43. The number of nitrogens with one attached hydrogen (secondary N) is 1. The summed E-state index contributed by atoms with van der Waals surface area (Å²) >= 11 is 0. The van der Waals surface area contributed by atoms with E-state index in [0.29, 0.717) is 11.3 Å². The van der Waals surface area contributed by atoms with Gasteiger partial charge < -0.3 is 4.90 Å². The van der Waals surface area contributed by atoms with E-state index in [1.165, 1.54) is 6.42 Å². The van der Waals surface area contributed by atoms with Gasteiger partial charge in [0.25, 0.3) is 0 Å². The highest BCUT2D eigenvalue weighted by atomic mass is 16.2. The predicted molar refractivity (Wildman–Crippen MR) is 60.3 cm³/mol. The average molecular weight is 210 g/mol. The van der Waals surface area contributed by atoms with Crippen LogP contribution in [0.25, 0.3) is 0 Å². The van der Waals surface area contributed by atoms with E-state index < -0.39 is 0 Å². The molecule has 15 heavy (non-hydrogen) atoms. The Morgan fingerprint density at radius 2 is 2.20 bits per heavy atom. The molecule has 1 heterocycles. The van der Waals surface area contributed by atoms with E-state index in [4.69, 9.17) is 0 Å². The molecule has 3 nitrogen and oxygen atoms in total. The summed E-state index contributed by atoms with van der Waals surface area (Å²) in [5.74, 6) is 1.04. The summed E-state index contributed by atoms with van der Waals surface area (Å²) in [6.07, 6.45) is 3.32. The molecule has 2 rings (SSSR count). The number of nitrogens with zero attached hydrogens (tertiary/aromatic N) is 1. The van der Waals surface area contributed by atoms with Gasteiger partial charge in [0.15, 0.2) is 0 Å². The monoisotopic (exact) mass is 210 g/mol. The molecule has 3 heteroatoms. The molecule has 86 valence electrons. The van der Waals surface area contributed by atoms with Gasteiger partial charge in [-0.15, -0.1) is 0 Å². The zero-order chi connectivity index (χ0) is 11.1. The second-order valence-corrected chi connectivity index (χ2v) is 5.65. The van der Waals surface area contributed by atoms with Gasteiger partial charge in [-0.1, -0.05) is 27.2 Å². The van der Waals surface area contributed by atoms with Gasteiger partial charge in [-0.3, -0.25) is 10.1 Å². The Morgan fingerprint density at radius 3 is 2.73 bits per heavy atom. The Morgan fingerprint density at radius 1 is 1.53 bits per heavy atom. The van der Waals surface area contributed by atoms with Gasteiger partial charge in [-0.2, -0.15) is 0 Å². The van der Waals surface area contributed by atoms with Crippen LogP contribution >= 0.6 is 0 Å². The Bertz CT molecular complexity index is 262. The third-order valence-electron chi connectivity index (χ3n) is 3.87. The summed E-state index contributed by atoms with van der Waals surface area (Å²) in [6.45, 7) is 8.42. The molecular formula is C12H22N2O. The van der Waals surface area contributed by atoms with Crippen molar-refractivity contribution in [2.45, 2.75) is 46.1 Å². The predicted octanol–water partition coefficient (Wildman–Crippen LogP) is 1.59. The van der Waals surface area contributed by atoms with E-state index in [1.54, 1.807) is 0 Å². The highest BCUT2D eigenvalue weighted by molar-refractivity contribution is 5.83. The minimum Gasteiger partial charge on any atom is -0.328 e. The second-order valence-electron chi connectivity index (χ2n) is 5.65. The normalized spacial score (nSPS) is 33.5. The number of rotatable bonds is 4. The van der Waals surface area contributed by atoms with Gasteiger partial charge >= 0.3 is 0 Å². The minimum atomic E-state index is 0.0943. The quantitative estimate of drug-likeness (QED) is 0.764. The van der Waals surface area contributed by atoms with Crippen molar-refractivity contribution in [2.24, 2.45) is 11.3 Å². The lowest BCUT2D eigenvalue weighted by Crippen LogP contribution is -2.32. The number of carbonyl (C=O) groups excluding carboxylic acids is 1. The van der Waals surface area contributed by atoms with Crippen LogP contribution in [0.2, 0.25) is 0 Å². The number of carbonyl (C=O) groups is 1. The van der Waals surface area contributed by atoms with Crippen molar-refractivity contribution in [3.8, 4) is 0 Å². The molecule has 0 aromatic heterocycles. The fraction of sp³-hybridized carbons (Fsp3) is 0.917. The van der Waals surface area contributed by atoms with Gasteiger partial charge in [0.1, 0.15) is 0 Å². The summed E-state index contributed by atoms with van der Waals surface area (Å²) in [4.78, 5) is 13.9. The van der Waals surface area contributed by atoms with E-state index in [0.717, 1.165) is 32.0 Å². The molecule has 0 radical (unpaired) electrons. The topological polar surface area (TPSA) is 32.3 Å². The first-order valence-electron chi connectivity index (χ1n) is 6.07. The van der Waals surface area contributed by atoms with Crippen LogP contribution in [0.4, 0.5) is 0 Å². The van der Waals surface area contributed by atoms with Crippen LogP contribution in [0.15, 0.2) is 0 Å². The van der Waals surface area contributed by atoms with E-state index >= 15 is 0 Å². The lowest BCUT2D eigenvalue weighted by molar-refractivity contribution is -0.129. The first-order chi connectivity index (χ1) is 7.04. The summed E-state index contributed by atoms with van der Waals surface area (Å²) in [5, 5.41) is 3.29. The molecule has 1 N–H and O–H groups in total. The Labute approximate surface area is 92.2 Å². The maximum absolute atomic E-state index is 11.9. The molecule has 2 unspecified atom stereocenters. The van der Waals surface area contributed by atoms with Crippen molar-refractivity contribution in [1.29, 1.82) is 0 Å². The van der Waals surface area contributed by atoms with Crippen LogP contribution in [-0.4, -0.2) is 30.1 Å². The zero-order valence-corrected chi connectivity index (χ0v) is 10.0. The fourth-order valence-electron chi connectivity index (χ4n) is 2.43. The molecular weight excluding hydrogens is 188 g/mol. The molecule has 1 saturated heterocycles. The third kappa shape index (κ3) is 2.17. The van der Waals surface area contributed by atoms with Crippen LogP contribution in [0.1, 0.15) is 40.0 Å². The number of hydrogen-bond donors (Lipinski definition) is 1. The van der Waals surface area contributed by atoms with Gasteiger partial charge in [0, 0.05) is 6.54 Å². The van der Waals surface area contributed by atoms with Gasteiger partial charge in [0.2, 0.25) is 5.91 Å². The van der Waals surface area contributed by atoms with E-state index in [9.17, 15) is 4.79 Å². The van der Waals surface area contributed by atoms with Crippen LogP contribution < -0.4 is 5.32 Å². The number of amides is 1. The third-order valence-corrected chi connectivity index (χ3v) is 3.87. The Kier molecular flexibility index (Phi) is 2.75. The van der Waals surface area contributed by atoms with Crippen LogP contribution in [0.5, 0.6) is 0 Å². The minimum absolute atomic E-state index is 0.0943. The molecule has 1 saturated carbocycles. The largest absolute Gasteiger partial charge is 0.328 e. The Balaban J connectivity index is 1.83. The van der Waals surface area contributed by atoms with Gasteiger partial charge in [-0.25, -0.2) is 0 Å². The lowest BCUT2D eigenvalue weighted by atomic mass is 10.1. The molecule has 0 aromatic carbocycles. The smallest absolute Gasteiger partial charge is 0.240 e. The molecule has 0 bridgehead atoms. The molecule has 2 fully saturated rings. The maximum atomic E-state index is 11.9. The molecule has 1 amide bonds. The van der Waals surface area contributed by atoms with Gasteiger partial charge in [0.05, 0.1) is 12.7 Å². The zero-order valence-electron chi connectivity index (χ0n) is 10.0. The van der Waals surface area contributed by atoms with Crippen molar-refractivity contribution in [2.75, 3.05) is 13.2 Å². The van der Waals surface area contributed by atoms with Crippen LogP contribution in [0.3, 0.4) is 0 Å². The highest BCUT2D eigenvalue weighted by Gasteiger charge is 2.47. The van der Waals surface area contributed by atoms with E-state index in [2.05, 4.69) is 26.1 Å². The molecule has 1 aliphatic heterocycles. The summed E-state index contributed by atoms with van der Waals surface area (Å²) in [6, 6.07) is 0.0943. The van der Waals surface area contributed by atoms with Crippen LogP contribution in [-0.2, 0) is 4.79 Å². The summed E-state index contributed by atoms with van der Waals surface area (Å²) in [5.41, 5.74) is 0.475. The number of hydrogen-bond acceptors (Lipinski definition) is 2. The second kappa shape index (κ2) is 3.78. The lowest BCUT2D eigenvalue weighted by Gasteiger charge is -2.16. The SMILES string of the molecule is CCCC1NCN(CC2CC2(C)C)C1=O. The van der Waals surface area contributed by atoms with E-state index in [1.807, 2.05) is 4.90 Å². The Hall–Kier alpha value is -0.570. The van der Waals surface area contributed by atoms with Crippen molar-refractivity contribution in [3.63, 3.8) is 0 Å². The highest BCUT2D eigenvalue weighted by Crippen LogP contribution is 2.51. The van der Waals surface area contributed by atoms with Crippen molar-refractivity contribution < 1.29 is 4.79 Å². The maximum Gasteiger partial charge on any atom is 0.240 e. The molecule has 0 aromatic rings.